The molecule has 0 unspecified atom stereocenters. The highest BCUT2D eigenvalue weighted by Gasteiger charge is 2.23. The number of H-pyrrole nitrogens is 1. The Kier molecular flexibility index (Phi) is 5.53. The number of nitrogens with one attached hydrogen (secondary N) is 2. The molecule has 0 spiro atoms. The Labute approximate surface area is 147 Å². The Morgan fingerprint density at radius 3 is 2.68 bits per heavy atom. The van der Waals surface area contributed by atoms with Gasteiger partial charge in [-0.05, 0) is 38.0 Å². The van der Waals surface area contributed by atoms with Gasteiger partial charge in [0.05, 0.1) is 5.69 Å². The second-order valence-corrected chi connectivity index (χ2v) is 6.38. The number of hydrogen-bond acceptors (Lipinski definition) is 4. The molecule has 3 heterocycles. The van der Waals surface area contributed by atoms with Gasteiger partial charge >= 0.3 is 6.03 Å². The summed E-state index contributed by atoms with van der Waals surface area (Å²) in [6, 6.07) is 3.72. The van der Waals surface area contributed by atoms with Crippen molar-refractivity contribution in [3.05, 3.63) is 41.5 Å². The predicted molar refractivity (Wildman–Crippen MR) is 94.6 cm³/mol. The molecule has 2 aromatic rings. The smallest absolute Gasteiger partial charge is 0.317 e. The lowest BCUT2D eigenvalue weighted by molar-refractivity contribution is 0.111. The average molecular weight is 343 g/mol. The van der Waals surface area contributed by atoms with Crippen LogP contribution in [0.2, 0.25) is 0 Å². The highest BCUT2D eigenvalue weighted by atomic mass is 16.5. The summed E-state index contributed by atoms with van der Waals surface area (Å²) in [6.07, 6.45) is 6.08. The fourth-order valence-electron chi connectivity index (χ4n) is 3.13. The van der Waals surface area contributed by atoms with E-state index in [4.69, 9.17) is 4.74 Å². The van der Waals surface area contributed by atoms with Gasteiger partial charge in [0.15, 0.2) is 0 Å². The minimum atomic E-state index is 0.00108. The van der Waals surface area contributed by atoms with E-state index in [1.54, 1.807) is 12.4 Å². The zero-order valence-corrected chi connectivity index (χ0v) is 14.8. The minimum absolute atomic E-state index is 0.00108. The van der Waals surface area contributed by atoms with E-state index in [0.29, 0.717) is 19.6 Å². The maximum Gasteiger partial charge on any atom is 0.317 e. The first-order valence-electron chi connectivity index (χ1n) is 8.73. The Morgan fingerprint density at radius 1 is 1.32 bits per heavy atom. The second kappa shape index (κ2) is 8.00. The molecule has 2 aromatic heterocycles. The van der Waals surface area contributed by atoms with Crippen molar-refractivity contribution in [2.75, 3.05) is 19.6 Å². The molecule has 0 saturated carbocycles. The number of hydrogen-bond donors (Lipinski definition) is 2. The van der Waals surface area contributed by atoms with Crippen LogP contribution in [0.25, 0.3) is 0 Å². The monoisotopic (exact) mass is 343 g/mol. The molecule has 0 bridgehead atoms. The first kappa shape index (κ1) is 17.3. The molecular weight excluding hydrogens is 318 g/mol. The van der Waals surface area contributed by atoms with Crippen LogP contribution >= 0.6 is 0 Å². The Hall–Kier alpha value is -2.57. The molecular formula is C18H25N5O2. The summed E-state index contributed by atoms with van der Waals surface area (Å²) in [6.45, 7) is 6.03. The third-order valence-corrected chi connectivity index (χ3v) is 4.61. The van der Waals surface area contributed by atoms with Crippen LogP contribution in [-0.4, -0.2) is 51.9 Å². The summed E-state index contributed by atoms with van der Waals surface area (Å²) < 4.78 is 5.93. The zero-order valence-electron chi connectivity index (χ0n) is 14.8. The highest BCUT2D eigenvalue weighted by molar-refractivity contribution is 5.74. The molecule has 0 radical (unpaired) electrons. The number of aryl methyl sites for hydroxylation is 2. The lowest BCUT2D eigenvalue weighted by Gasteiger charge is -2.32. The standard InChI is InChI=1S/C18H25N5O2/c1-13-17(14(2)22-21-13)5-10-20-18(24)23-11-6-16(7-12-23)25-15-3-8-19-9-4-15/h3-4,8-9,16H,5-7,10-12H2,1-2H3,(H,20,24)(H,21,22). The molecule has 3 rings (SSSR count). The van der Waals surface area contributed by atoms with Gasteiger partial charge in [-0.1, -0.05) is 0 Å². The first-order valence-corrected chi connectivity index (χ1v) is 8.73. The van der Waals surface area contributed by atoms with Crippen LogP contribution in [0.1, 0.15) is 29.8 Å². The number of carbonyl (C=O) groups excluding carboxylic acids is 1. The van der Waals surface area contributed by atoms with Crippen molar-refractivity contribution in [1.82, 2.24) is 25.4 Å². The number of nitrogens with zero attached hydrogens (tertiary/aromatic N) is 3. The van der Waals surface area contributed by atoms with Gasteiger partial charge in [0, 0.05) is 50.6 Å². The van der Waals surface area contributed by atoms with Crippen LogP contribution in [0.4, 0.5) is 4.79 Å². The van der Waals surface area contributed by atoms with Gasteiger partial charge < -0.3 is 15.0 Å². The largest absolute Gasteiger partial charge is 0.490 e. The van der Waals surface area contributed by atoms with Gasteiger partial charge in [0.1, 0.15) is 11.9 Å². The van der Waals surface area contributed by atoms with E-state index in [0.717, 1.165) is 36.4 Å². The molecule has 1 aliphatic heterocycles. The second-order valence-electron chi connectivity index (χ2n) is 6.38. The van der Waals surface area contributed by atoms with Crippen LogP contribution in [-0.2, 0) is 6.42 Å². The molecule has 0 atom stereocenters. The molecule has 0 aliphatic carbocycles. The number of amides is 2. The Bertz CT molecular complexity index is 673. The van der Waals surface area contributed by atoms with Gasteiger partial charge in [0.2, 0.25) is 0 Å². The summed E-state index contributed by atoms with van der Waals surface area (Å²) >= 11 is 0. The fourth-order valence-corrected chi connectivity index (χ4v) is 3.13. The van der Waals surface area contributed by atoms with Crippen molar-refractivity contribution in [3.8, 4) is 5.75 Å². The number of rotatable bonds is 5. The summed E-state index contributed by atoms with van der Waals surface area (Å²) in [4.78, 5) is 18.2. The number of aromatic nitrogens is 3. The van der Waals surface area contributed by atoms with Crippen molar-refractivity contribution in [2.24, 2.45) is 0 Å². The lowest BCUT2D eigenvalue weighted by Crippen LogP contribution is -2.46. The van der Waals surface area contributed by atoms with Crippen molar-refractivity contribution < 1.29 is 9.53 Å². The molecule has 0 aromatic carbocycles. The van der Waals surface area contributed by atoms with Gasteiger partial charge in [-0.25, -0.2) is 4.79 Å². The third-order valence-electron chi connectivity index (χ3n) is 4.61. The summed E-state index contributed by atoms with van der Waals surface area (Å²) in [7, 11) is 0. The molecule has 134 valence electrons. The number of ether oxygens (including phenoxy) is 1. The molecule has 1 saturated heterocycles. The van der Waals surface area contributed by atoms with Gasteiger partial charge in [-0.15, -0.1) is 0 Å². The number of aromatic amines is 1. The normalized spacial score (nSPS) is 15.2. The van der Waals surface area contributed by atoms with E-state index >= 15 is 0 Å². The number of pyridine rings is 1. The number of piperidine rings is 1. The molecule has 25 heavy (non-hydrogen) atoms. The van der Waals surface area contributed by atoms with Crippen molar-refractivity contribution in [1.29, 1.82) is 0 Å². The topological polar surface area (TPSA) is 83.1 Å². The van der Waals surface area contributed by atoms with Crippen molar-refractivity contribution >= 4 is 6.03 Å². The van der Waals surface area contributed by atoms with Crippen LogP contribution in [0, 0.1) is 13.8 Å². The molecule has 1 aliphatic rings. The third kappa shape index (κ3) is 4.49. The minimum Gasteiger partial charge on any atom is -0.490 e. The summed E-state index contributed by atoms with van der Waals surface area (Å²) in [5, 5.41) is 10.2. The molecule has 7 heteroatoms. The quantitative estimate of drug-likeness (QED) is 0.872. The van der Waals surface area contributed by atoms with Gasteiger partial charge in [0.25, 0.3) is 0 Å². The van der Waals surface area contributed by atoms with E-state index < -0.39 is 0 Å². The van der Waals surface area contributed by atoms with Crippen LogP contribution in [0.3, 0.4) is 0 Å². The van der Waals surface area contributed by atoms with Crippen molar-refractivity contribution in [3.63, 3.8) is 0 Å². The first-order chi connectivity index (χ1) is 12.1. The molecule has 2 N–H and O–H groups in total. The SMILES string of the molecule is Cc1n[nH]c(C)c1CCNC(=O)N1CCC(Oc2ccncc2)CC1. The van der Waals surface area contributed by atoms with E-state index in [1.165, 1.54) is 5.56 Å². The Balaban J connectivity index is 1.39. The zero-order chi connectivity index (χ0) is 17.6. The molecule has 1 fully saturated rings. The maximum atomic E-state index is 12.3. The van der Waals surface area contributed by atoms with E-state index in [9.17, 15) is 4.79 Å². The highest BCUT2D eigenvalue weighted by Crippen LogP contribution is 2.18. The fraction of sp³-hybridized carbons (Fsp3) is 0.500. The predicted octanol–water partition coefficient (Wildman–Crippen LogP) is 2.22. The van der Waals surface area contributed by atoms with Crippen molar-refractivity contribution in [2.45, 2.75) is 39.2 Å². The number of likely N-dealkylation sites (tertiary alicyclic amines) is 1. The summed E-state index contributed by atoms with van der Waals surface area (Å²) in [5.74, 6) is 0.837. The summed E-state index contributed by atoms with van der Waals surface area (Å²) in [5.41, 5.74) is 3.26. The van der Waals surface area contributed by atoms with Crippen LogP contribution in [0.15, 0.2) is 24.5 Å². The number of urea groups is 1. The van der Waals surface area contributed by atoms with Gasteiger partial charge in [-0.2, -0.15) is 5.10 Å². The molecule has 7 nitrogen and oxygen atoms in total. The van der Waals surface area contributed by atoms with Crippen LogP contribution < -0.4 is 10.1 Å². The van der Waals surface area contributed by atoms with E-state index in [1.807, 2.05) is 30.9 Å². The van der Waals surface area contributed by atoms with Crippen LogP contribution in [0.5, 0.6) is 5.75 Å². The molecule has 2 amide bonds. The van der Waals surface area contributed by atoms with Gasteiger partial charge in [-0.3, -0.25) is 10.1 Å². The van der Waals surface area contributed by atoms with E-state index in [-0.39, 0.29) is 12.1 Å². The maximum absolute atomic E-state index is 12.3. The van der Waals surface area contributed by atoms with E-state index in [2.05, 4.69) is 20.5 Å². The number of carbonyl (C=O) groups is 1. The Morgan fingerprint density at radius 2 is 2.04 bits per heavy atom. The lowest BCUT2D eigenvalue weighted by atomic mass is 10.1. The average Bonchev–Trinajstić information content (AvgIpc) is 2.95.